The molecule has 0 aliphatic heterocycles. The third kappa shape index (κ3) is 2.48. The maximum absolute atomic E-state index is 12.3. The van der Waals surface area contributed by atoms with Gasteiger partial charge in [-0.1, -0.05) is 0 Å². The Hall–Kier alpha value is -1.13. The molecule has 0 bridgehead atoms. The summed E-state index contributed by atoms with van der Waals surface area (Å²) >= 11 is 0. The third-order valence-corrected chi connectivity index (χ3v) is 1.24. The Balaban J connectivity index is 0.00000121. The first-order valence-electron chi connectivity index (χ1n) is 3.00. The van der Waals surface area contributed by atoms with Crippen LogP contribution in [0.5, 0.6) is 0 Å². The summed E-state index contributed by atoms with van der Waals surface area (Å²) in [6.07, 6.45) is 0. The van der Waals surface area contributed by atoms with Crippen molar-refractivity contribution in [1.82, 2.24) is 5.43 Å². The highest BCUT2D eigenvalue weighted by molar-refractivity contribution is 5.93. The lowest BCUT2D eigenvalue weighted by atomic mass is 10.2. The summed E-state index contributed by atoms with van der Waals surface area (Å²) in [7, 11) is 0. The molecule has 0 saturated heterocycles. The number of hydrogen-bond acceptors (Lipinski definition) is 2. The number of nitrogen functional groups attached to an aromatic ring is 1. The van der Waals surface area contributed by atoms with Crippen LogP contribution in [0.2, 0.25) is 0 Å². The van der Waals surface area contributed by atoms with Gasteiger partial charge in [0.2, 0.25) is 0 Å². The third-order valence-electron chi connectivity index (χ3n) is 1.24. The highest BCUT2D eigenvalue weighted by Gasteiger charge is 2.01. The fourth-order valence-electron chi connectivity index (χ4n) is 0.685. The topological polar surface area (TPSA) is 55.1 Å². The molecule has 0 unspecified atom stereocenters. The molecule has 0 heterocycles. The average Bonchev–Trinajstić information content (AvgIpc) is 2.05. The number of amides is 1. The Labute approximate surface area is 75.1 Å². The number of carbonyl (C=O) groups excluding carboxylic acids is 1. The number of hydrogen-bond donors (Lipinski definition) is 2. The number of halogens is 2. The Kier molecular flexibility index (Phi) is 4.25. The minimum atomic E-state index is -0.426. The van der Waals surface area contributed by atoms with Crippen molar-refractivity contribution >= 4 is 18.3 Å². The summed E-state index contributed by atoms with van der Waals surface area (Å²) in [4.78, 5) is 10.8. The largest absolute Gasteiger partial charge is 0.290 e. The predicted molar refractivity (Wildman–Crippen MR) is 45.3 cm³/mol. The zero-order chi connectivity index (χ0) is 8.27. The smallest absolute Gasteiger partial charge is 0.265 e. The van der Waals surface area contributed by atoms with Gasteiger partial charge in [0.25, 0.3) is 5.91 Å². The van der Waals surface area contributed by atoms with E-state index < -0.39 is 5.91 Å². The van der Waals surface area contributed by atoms with E-state index in [0.717, 1.165) is 0 Å². The van der Waals surface area contributed by atoms with Crippen LogP contribution in [0.15, 0.2) is 24.3 Å². The quantitative estimate of drug-likeness (QED) is 0.392. The normalized spacial score (nSPS) is 8.50. The number of benzene rings is 1. The fourth-order valence-corrected chi connectivity index (χ4v) is 0.685. The van der Waals surface area contributed by atoms with Gasteiger partial charge in [-0.05, 0) is 24.3 Å². The molecule has 0 aromatic heterocycles. The van der Waals surface area contributed by atoms with E-state index in [1.165, 1.54) is 24.3 Å². The van der Waals surface area contributed by atoms with Crippen LogP contribution >= 0.6 is 12.4 Å². The van der Waals surface area contributed by atoms with Crippen molar-refractivity contribution in [3.05, 3.63) is 35.6 Å². The molecular weight excluding hydrogens is 183 g/mol. The predicted octanol–water partition coefficient (Wildman–Crippen LogP) is 0.851. The van der Waals surface area contributed by atoms with Crippen molar-refractivity contribution in [2.24, 2.45) is 5.84 Å². The SMILES string of the molecule is Cl.NNC(=O)c1ccc(F)cc1. The van der Waals surface area contributed by atoms with Gasteiger partial charge in [-0.25, -0.2) is 10.2 Å². The van der Waals surface area contributed by atoms with Gasteiger partial charge in [-0.15, -0.1) is 12.4 Å². The maximum atomic E-state index is 12.3. The fraction of sp³-hybridized carbons (Fsp3) is 0. The monoisotopic (exact) mass is 190 g/mol. The van der Waals surface area contributed by atoms with Crippen LogP contribution in [0.3, 0.4) is 0 Å². The molecule has 0 aliphatic carbocycles. The summed E-state index contributed by atoms with van der Waals surface area (Å²) in [5.74, 6) is 4.05. The van der Waals surface area contributed by atoms with Crippen molar-refractivity contribution in [3.63, 3.8) is 0 Å². The zero-order valence-electron chi connectivity index (χ0n) is 6.08. The van der Waals surface area contributed by atoms with Gasteiger partial charge < -0.3 is 0 Å². The first-order chi connectivity index (χ1) is 5.24. The van der Waals surface area contributed by atoms with Crippen LogP contribution < -0.4 is 11.3 Å². The summed E-state index contributed by atoms with van der Waals surface area (Å²) < 4.78 is 12.3. The van der Waals surface area contributed by atoms with E-state index in [1.54, 1.807) is 0 Å². The molecule has 0 atom stereocenters. The van der Waals surface area contributed by atoms with E-state index in [0.29, 0.717) is 5.56 Å². The molecule has 0 aliphatic rings. The second-order valence-corrected chi connectivity index (χ2v) is 1.98. The Bertz CT molecular complexity index is 263. The lowest BCUT2D eigenvalue weighted by Crippen LogP contribution is -2.29. The van der Waals surface area contributed by atoms with Crippen LogP contribution in [-0.2, 0) is 0 Å². The van der Waals surface area contributed by atoms with Gasteiger partial charge in [0.1, 0.15) is 5.82 Å². The van der Waals surface area contributed by atoms with Gasteiger partial charge in [-0.2, -0.15) is 0 Å². The van der Waals surface area contributed by atoms with E-state index in [2.05, 4.69) is 0 Å². The standard InChI is InChI=1S/C7H7FN2O.ClH/c8-6-3-1-5(2-4-6)7(11)10-9;/h1-4H,9H2,(H,10,11);1H. The highest BCUT2D eigenvalue weighted by Crippen LogP contribution is 2.01. The van der Waals surface area contributed by atoms with Gasteiger partial charge >= 0.3 is 0 Å². The zero-order valence-corrected chi connectivity index (χ0v) is 6.90. The van der Waals surface area contributed by atoms with Crippen LogP contribution in [0.4, 0.5) is 4.39 Å². The Morgan fingerprint density at radius 2 is 1.83 bits per heavy atom. The Morgan fingerprint density at radius 1 is 1.33 bits per heavy atom. The van der Waals surface area contributed by atoms with Crippen LogP contribution in [0.1, 0.15) is 10.4 Å². The first kappa shape index (κ1) is 10.9. The molecule has 66 valence electrons. The minimum Gasteiger partial charge on any atom is -0.290 e. The second kappa shape index (κ2) is 4.69. The molecule has 3 N–H and O–H groups in total. The summed E-state index contributed by atoms with van der Waals surface area (Å²) in [5, 5.41) is 0. The van der Waals surface area contributed by atoms with E-state index in [1.807, 2.05) is 5.43 Å². The molecule has 1 aromatic carbocycles. The first-order valence-corrected chi connectivity index (χ1v) is 3.00. The molecule has 1 amide bonds. The molecule has 12 heavy (non-hydrogen) atoms. The molecular formula is C7H8ClFN2O. The maximum Gasteiger partial charge on any atom is 0.265 e. The minimum absolute atomic E-state index is 0. The van der Waals surface area contributed by atoms with E-state index in [-0.39, 0.29) is 18.2 Å². The number of nitrogens with two attached hydrogens (primary N) is 1. The second-order valence-electron chi connectivity index (χ2n) is 1.98. The lowest BCUT2D eigenvalue weighted by Gasteiger charge is -1.97. The van der Waals surface area contributed by atoms with Crippen LogP contribution in [-0.4, -0.2) is 5.91 Å². The number of hydrazine groups is 1. The molecule has 1 rings (SSSR count). The molecule has 0 spiro atoms. The van der Waals surface area contributed by atoms with E-state index in [9.17, 15) is 9.18 Å². The van der Waals surface area contributed by atoms with Crippen molar-refractivity contribution < 1.29 is 9.18 Å². The Morgan fingerprint density at radius 3 is 2.25 bits per heavy atom. The molecule has 0 fully saturated rings. The van der Waals surface area contributed by atoms with Crippen molar-refractivity contribution in [2.45, 2.75) is 0 Å². The van der Waals surface area contributed by atoms with Crippen LogP contribution in [0.25, 0.3) is 0 Å². The van der Waals surface area contributed by atoms with Crippen LogP contribution in [0, 0.1) is 5.82 Å². The molecule has 0 radical (unpaired) electrons. The summed E-state index contributed by atoms with van der Waals surface area (Å²) in [6, 6.07) is 5.12. The van der Waals surface area contributed by atoms with Crippen molar-refractivity contribution in [1.29, 1.82) is 0 Å². The molecule has 1 aromatic rings. The average molecular weight is 191 g/mol. The summed E-state index contributed by atoms with van der Waals surface area (Å²) in [6.45, 7) is 0. The molecule has 0 saturated carbocycles. The van der Waals surface area contributed by atoms with Crippen molar-refractivity contribution in [3.8, 4) is 0 Å². The molecule has 3 nitrogen and oxygen atoms in total. The van der Waals surface area contributed by atoms with Gasteiger partial charge in [0.05, 0.1) is 0 Å². The number of carbonyl (C=O) groups is 1. The molecule has 5 heteroatoms. The van der Waals surface area contributed by atoms with Crippen molar-refractivity contribution in [2.75, 3.05) is 0 Å². The number of rotatable bonds is 1. The van der Waals surface area contributed by atoms with E-state index in [4.69, 9.17) is 5.84 Å². The van der Waals surface area contributed by atoms with Gasteiger partial charge in [-0.3, -0.25) is 10.2 Å². The summed E-state index contributed by atoms with van der Waals surface area (Å²) in [5.41, 5.74) is 2.28. The number of nitrogens with one attached hydrogen (secondary N) is 1. The lowest BCUT2D eigenvalue weighted by molar-refractivity contribution is 0.0953. The van der Waals surface area contributed by atoms with Gasteiger partial charge in [0, 0.05) is 5.56 Å². The van der Waals surface area contributed by atoms with E-state index >= 15 is 0 Å². The van der Waals surface area contributed by atoms with Gasteiger partial charge in [0.15, 0.2) is 0 Å². The highest BCUT2D eigenvalue weighted by atomic mass is 35.5.